The normalized spacial score (nSPS) is 11.7. The van der Waals surface area contributed by atoms with Crippen LogP contribution in [0.15, 0.2) is 30.6 Å². The Kier molecular flexibility index (Phi) is 4.44. The maximum absolute atomic E-state index is 11.9. The average molecular weight is 309 g/mol. The van der Waals surface area contributed by atoms with Crippen molar-refractivity contribution >= 4 is 29.3 Å². The second-order valence-corrected chi connectivity index (χ2v) is 4.82. The van der Waals surface area contributed by atoms with Crippen molar-refractivity contribution in [1.29, 1.82) is 0 Å². The molecule has 110 valence electrons. The van der Waals surface area contributed by atoms with Crippen molar-refractivity contribution in [1.82, 2.24) is 15.5 Å². The first kappa shape index (κ1) is 14.9. The summed E-state index contributed by atoms with van der Waals surface area (Å²) in [7, 11) is 0. The second kappa shape index (κ2) is 6.27. The minimum absolute atomic E-state index is 0.000632. The molecule has 2 rings (SSSR count). The van der Waals surface area contributed by atoms with Crippen LogP contribution >= 0.6 is 11.6 Å². The van der Waals surface area contributed by atoms with Gasteiger partial charge >= 0.3 is 12.0 Å². The summed E-state index contributed by atoms with van der Waals surface area (Å²) in [5.41, 5.74) is 1.12. The van der Waals surface area contributed by atoms with Gasteiger partial charge in [0.1, 0.15) is 0 Å². The molecular weight excluding hydrogens is 296 g/mol. The smallest absolute Gasteiger partial charge is 0.335 e. The van der Waals surface area contributed by atoms with E-state index in [0.29, 0.717) is 5.69 Å². The van der Waals surface area contributed by atoms with Gasteiger partial charge in [-0.15, -0.1) is 0 Å². The molecule has 7 nitrogen and oxygen atoms in total. The Labute approximate surface area is 125 Å². The van der Waals surface area contributed by atoms with Crippen LogP contribution in [0.3, 0.4) is 0 Å². The van der Waals surface area contributed by atoms with Gasteiger partial charge in [0.05, 0.1) is 17.8 Å². The highest BCUT2D eigenvalue weighted by molar-refractivity contribution is 6.31. The van der Waals surface area contributed by atoms with Crippen molar-refractivity contribution in [2.75, 3.05) is 5.32 Å². The van der Waals surface area contributed by atoms with Crippen molar-refractivity contribution in [3.05, 3.63) is 46.7 Å². The molecule has 2 amide bonds. The van der Waals surface area contributed by atoms with Gasteiger partial charge in [-0.05, 0) is 25.1 Å². The zero-order valence-corrected chi connectivity index (χ0v) is 11.8. The Morgan fingerprint density at radius 1 is 1.38 bits per heavy atom. The van der Waals surface area contributed by atoms with Crippen LogP contribution in [0.25, 0.3) is 0 Å². The number of hydrogen-bond donors (Lipinski definition) is 4. The van der Waals surface area contributed by atoms with Gasteiger partial charge in [0.2, 0.25) is 0 Å². The predicted molar refractivity (Wildman–Crippen MR) is 77.6 cm³/mol. The lowest BCUT2D eigenvalue weighted by Crippen LogP contribution is -2.31. The van der Waals surface area contributed by atoms with Crippen molar-refractivity contribution < 1.29 is 14.7 Å². The van der Waals surface area contributed by atoms with Gasteiger partial charge in [-0.3, -0.25) is 5.10 Å². The van der Waals surface area contributed by atoms with Crippen LogP contribution in [0.5, 0.6) is 0 Å². The minimum atomic E-state index is -1.12. The summed E-state index contributed by atoms with van der Waals surface area (Å²) in [5, 5.41) is 20.9. The average Bonchev–Trinajstić information content (AvgIpc) is 2.91. The summed E-state index contributed by atoms with van der Waals surface area (Å²) < 4.78 is 0. The summed E-state index contributed by atoms with van der Waals surface area (Å²) in [6.45, 7) is 1.80. The largest absolute Gasteiger partial charge is 0.478 e. The zero-order valence-electron chi connectivity index (χ0n) is 11.1. The van der Waals surface area contributed by atoms with Crippen LogP contribution in [0, 0.1) is 0 Å². The van der Waals surface area contributed by atoms with E-state index in [1.165, 1.54) is 18.2 Å². The molecular formula is C13H13ClN4O3. The van der Waals surface area contributed by atoms with E-state index in [9.17, 15) is 9.59 Å². The number of nitrogens with zero attached hydrogens (tertiary/aromatic N) is 1. The number of rotatable bonds is 4. The fraction of sp³-hybridized carbons (Fsp3) is 0.154. The lowest BCUT2D eigenvalue weighted by atomic mass is 10.2. The number of carbonyl (C=O) groups is 2. The number of halogens is 1. The number of H-pyrrole nitrogens is 1. The number of anilines is 1. The monoisotopic (exact) mass is 308 g/mol. The third kappa shape index (κ3) is 3.96. The number of hydrogen-bond acceptors (Lipinski definition) is 3. The molecule has 0 aliphatic carbocycles. The molecule has 8 heteroatoms. The molecule has 0 aliphatic heterocycles. The van der Waals surface area contributed by atoms with Gasteiger partial charge in [-0.2, -0.15) is 5.10 Å². The maximum Gasteiger partial charge on any atom is 0.335 e. The molecule has 2 aromatic rings. The molecule has 0 saturated heterocycles. The Bertz CT molecular complexity index is 657. The van der Waals surface area contributed by atoms with Crippen molar-refractivity contribution in [2.45, 2.75) is 13.0 Å². The van der Waals surface area contributed by atoms with E-state index in [2.05, 4.69) is 20.8 Å². The van der Waals surface area contributed by atoms with Crippen LogP contribution in [0.2, 0.25) is 5.02 Å². The van der Waals surface area contributed by atoms with Crippen molar-refractivity contribution in [3.63, 3.8) is 0 Å². The third-order valence-electron chi connectivity index (χ3n) is 2.77. The first-order valence-corrected chi connectivity index (χ1v) is 6.43. The van der Waals surface area contributed by atoms with E-state index in [1.54, 1.807) is 19.3 Å². The number of aromatic amines is 1. The molecule has 1 heterocycles. The minimum Gasteiger partial charge on any atom is -0.478 e. The van der Waals surface area contributed by atoms with Crippen molar-refractivity contribution in [3.8, 4) is 0 Å². The lowest BCUT2D eigenvalue weighted by Gasteiger charge is -2.13. The van der Waals surface area contributed by atoms with Gasteiger partial charge in [0.15, 0.2) is 0 Å². The molecule has 1 unspecified atom stereocenters. The molecule has 0 spiro atoms. The first-order valence-electron chi connectivity index (χ1n) is 6.06. The van der Waals surface area contributed by atoms with Gasteiger partial charge in [0.25, 0.3) is 0 Å². The Hall–Kier alpha value is -2.54. The summed E-state index contributed by atoms with van der Waals surface area (Å²) in [5.74, 6) is -1.12. The van der Waals surface area contributed by atoms with Gasteiger partial charge < -0.3 is 15.7 Å². The van der Waals surface area contributed by atoms with Gasteiger partial charge in [0, 0.05) is 22.5 Å². The molecule has 1 aromatic carbocycles. The maximum atomic E-state index is 11.9. The van der Waals surface area contributed by atoms with E-state index in [-0.39, 0.29) is 16.6 Å². The van der Waals surface area contributed by atoms with Gasteiger partial charge in [-0.1, -0.05) is 11.6 Å². The number of urea groups is 1. The van der Waals surface area contributed by atoms with E-state index < -0.39 is 12.0 Å². The van der Waals surface area contributed by atoms with Crippen LogP contribution in [0.1, 0.15) is 28.9 Å². The van der Waals surface area contributed by atoms with Crippen LogP contribution in [-0.4, -0.2) is 27.3 Å². The Morgan fingerprint density at radius 3 is 2.76 bits per heavy atom. The molecule has 1 atom stereocenters. The fourth-order valence-electron chi connectivity index (χ4n) is 1.73. The van der Waals surface area contributed by atoms with Crippen LogP contribution in [0.4, 0.5) is 10.5 Å². The highest BCUT2D eigenvalue weighted by atomic mass is 35.5. The standard InChI is InChI=1S/C13H13ClN4O3/c1-7(9-5-15-16-6-9)17-13(21)18-11-3-8(12(19)20)2-10(14)4-11/h2-7H,1H3,(H,15,16)(H,19,20)(H2,17,18,21). The number of carboxylic acid groups (broad SMARTS) is 1. The predicted octanol–water partition coefficient (Wildman–Crippen LogP) is 2.64. The Balaban J connectivity index is 2.04. The zero-order chi connectivity index (χ0) is 15.4. The summed E-state index contributed by atoms with van der Waals surface area (Å²) in [6.07, 6.45) is 3.28. The number of amides is 2. The van der Waals surface area contributed by atoms with E-state index in [1.807, 2.05) is 0 Å². The first-order chi connectivity index (χ1) is 9.95. The second-order valence-electron chi connectivity index (χ2n) is 4.39. The van der Waals surface area contributed by atoms with E-state index >= 15 is 0 Å². The molecule has 1 aromatic heterocycles. The van der Waals surface area contributed by atoms with Crippen LogP contribution in [-0.2, 0) is 0 Å². The number of aromatic nitrogens is 2. The highest BCUT2D eigenvalue weighted by Gasteiger charge is 2.12. The number of nitrogens with one attached hydrogen (secondary N) is 3. The highest BCUT2D eigenvalue weighted by Crippen LogP contribution is 2.19. The molecule has 0 aliphatic rings. The van der Waals surface area contributed by atoms with Crippen molar-refractivity contribution in [2.24, 2.45) is 0 Å². The molecule has 21 heavy (non-hydrogen) atoms. The topological polar surface area (TPSA) is 107 Å². The molecule has 4 N–H and O–H groups in total. The number of benzene rings is 1. The van der Waals surface area contributed by atoms with E-state index in [4.69, 9.17) is 16.7 Å². The van der Waals surface area contributed by atoms with Gasteiger partial charge in [-0.25, -0.2) is 9.59 Å². The molecule has 0 bridgehead atoms. The number of aromatic carboxylic acids is 1. The number of carboxylic acids is 1. The molecule has 0 radical (unpaired) electrons. The Morgan fingerprint density at radius 2 is 2.14 bits per heavy atom. The molecule has 0 fully saturated rings. The molecule has 0 saturated carbocycles. The third-order valence-corrected chi connectivity index (χ3v) is 2.99. The quantitative estimate of drug-likeness (QED) is 0.696. The number of carbonyl (C=O) groups excluding carboxylic acids is 1. The SMILES string of the molecule is CC(NC(=O)Nc1cc(Cl)cc(C(=O)O)c1)c1cn[nH]c1. The lowest BCUT2D eigenvalue weighted by molar-refractivity contribution is 0.0697. The summed E-state index contributed by atoms with van der Waals surface area (Å²) >= 11 is 5.82. The fourth-order valence-corrected chi connectivity index (χ4v) is 1.97. The van der Waals surface area contributed by atoms with E-state index in [0.717, 1.165) is 5.56 Å². The summed E-state index contributed by atoms with van der Waals surface area (Å²) in [4.78, 5) is 22.8. The summed E-state index contributed by atoms with van der Waals surface area (Å²) in [6, 6.07) is 3.39. The van der Waals surface area contributed by atoms with Crippen LogP contribution < -0.4 is 10.6 Å².